The number of benzene rings is 1. The van der Waals surface area contributed by atoms with Gasteiger partial charge in [-0.2, -0.15) is 0 Å². The normalized spacial score (nSPS) is 9.76. The van der Waals surface area contributed by atoms with Crippen molar-refractivity contribution in [2.75, 3.05) is 18.4 Å². The Bertz CT molecular complexity index is 435. The minimum Gasteiger partial charge on any atom is -0.478 e. The molecule has 92 valence electrons. The molecule has 1 aromatic rings. The Hall–Kier alpha value is -2.11. The van der Waals surface area contributed by atoms with Gasteiger partial charge in [0, 0.05) is 6.54 Å². The highest BCUT2D eigenvalue weighted by molar-refractivity contribution is 5.95. The van der Waals surface area contributed by atoms with Crippen molar-refractivity contribution in [3.63, 3.8) is 0 Å². The van der Waals surface area contributed by atoms with Crippen molar-refractivity contribution in [2.45, 2.75) is 6.92 Å². The Kier molecular flexibility index (Phi) is 4.45. The SMILES string of the molecule is CCNC(=O)CNc1c(F)cccc1C(=O)O. The fraction of sp³-hybridized carbons (Fsp3) is 0.273. The van der Waals surface area contributed by atoms with Crippen LogP contribution in [0.1, 0.15) is 17.3 Å². The fourth-order valence-electron chi connectivity index (χ4n) is 1.31. The Labute approximate surface area is 97.6 Å². The van der Waals surface area contributed by atoms with E-state index in [0.717, 1.165) is 6.07 Å². The summed E-state index contributed by atoms with van der Waals surface area (Å²) in [5, 5.41) is 13.8. The first-order chi connectivity index (χ1) is 8.06. The number of hydrogen-bond acceptors (Lipinski definition) is 3. The van der Waals surface area contributed by atoms with Crippen molar-refractivity contribution in [1.29, 1.82) is 0 Å². The number of halogens is 1. The molecule has 0 saturated heterocycles. The molecule has 3 N–H and O–H groups in total. The molecule has 0 aliphatic rings. The molecule has 0 saturated carbocycles. The average molecular weight is 240 g/mol. The lowest BCUT2D eigenvalue weighted by Crippen LogP contribution is -2.30. The highest BCUT2D eigenvalue weighted by Crippen LogP contribution is 2.19. The van der Waals surface area contributed by atoms with Gasteiger partial charge in [-0.05, 0) is 19.1 Å². The molecule has 0 aliphatic heterocycles. The zero-order valence-electron chi connectivity index (χ0n) is 9.29. The van der Waals surface area contributed by atoms with Crippen LogP contribution in [0.25, 0.3) is 0 Å². The highest BCUT2D eigenvalue weighted by Gasteiger charge is 2.14. The summed E-state index contributed by atoms with van der Waals surface area (Å²) >= 11 is 0. The van der Waals surface area contributed by atoms with Gasteiger partial charge in [0.1, 0.15) is 5.82 Å². The van der Waals surface area contributed by atoms with Gasteiger partial charge in [0.05, 0.1) is 17.8 Å². The van der Waals surface area contributed by atoms with Crippen LogP contribution in [0.2, 0.25) is 0 Å². The fourth-order valence-corrected chi connectivity index (χ4v) is 1.31. The molecule has 0 heterocycles. The maximum atomic E-state index is 13.4. The summed E-state index contributed by atoms with van der Waals surface area (Å²) in [6.45, 7) is 2.04. The zero-order chi connectivity index (χ0) is 12.8. The number of amides is 1. The van der Waals surface area contributed by atoms with E-state index >= 15 is 0 Å². The number of carboxylic acid groups (broad SMARTS) is 1. The third-order valence-corrected chi connectivity index (χ3v) is 2.04. The Balaban J connectivity index is 2.82. The van der Waals surface area contributed by atoms with E-state index in [4.69, 9.17) is 5.11 Å². The molecule has 5 nitrogen and oxygen atoms in total. The molecule has 1 rings (SSSR count). The third kappa shape index (κ3) is 3.44. The van der Waals surface area contributed by atoms with E-state index in [1.807, 2.05) is 0 Å². The Morgan fingerprint density at radius 3 is 2.71 bits per heavy atom. The van der Waals surface area contributed by atoms with E-state index in [0.29, 0.717) is 6.54 Å². The van der Waals surface area contributed by atoms with Gasteiger partial charge in [-0.25, -0.2) is 9.18 Å². The smallest absolute Gasteiger partial charge is 0.337 e. The number of carboxylic acids is 1. The van der Waals surface area contributed by atoms with Crippen LogP contribution in [-0.4, -0.2) is 30.1 Å². The van der Waals surface area contributed by atoms with E-state index in [1.165, 1.54) is 12.1 Å². The lowest BCUT2D eigenvalue weighted by molar-refractivity contribution is -0.119. The quantitative estimate of drug-likeness (QED) is 0.719. The predicted molar refractivity (Wildman–Crippen MR) is 60.5 cm³/mol. The lowest BCUT2D eigenvalue weighted by atomic mass is 10.1. The minimum atomic E-state index is -1.25. The van der Waals surface area contributed by atoms with Gasteiger partial charge in [-0.1, -0.05) is 6.07 Å². The number of likely N-dealkylation sites (N-methyl/N-ethyl adjacent to an activating group) is 1. The summed E-state index contributed by atoms with van der Waals surface area (Å²) in [4.78, 5) is 22.0. The van der Waals surface area contributed by atoms with Crippen LogP contribution in [0.5, 0.6) is 0 Å². The van der Waals surface area contributed by atoms with Crippen LogP contribution < -0.4 is 10.6 Å². The predicted octanol–water partition coefficient (Wildman–Crippen LogP) is 1.07. The molecule has 0 aromatic heterocycles. The van der Waals surface area contributed by atoms with Crippen molar-refractivity contribution < 1.29 is 19.1 Å². The number of nitrogens with one attached hydrogen (secondary N) is 2. The first kappa shape index (κ1) is 13.0. The van der Waals surface area contributed by atoms with Crippen LogP contribution in [0, 0.1) is 5.82 Å². The molecule has 17 heavy (non-hydrogen) atoms. The van der Waals surface area contributed by atoms with Gasteiger partial charge in [0.2, 0.25) is 5.91 Å². The summed E-state index contributed by atoms with van der Waals surface area (Å²) < 4.78 is 13.4. The molecule has 0 atom stereocenters. The molecule has 1 aromatic carbocycles. The van der Waals surface area contributed by atoms with Gasteiger partial charge in [-0.15, -0.1) is 0 Å². The molecule has 6 heteroatoms. The summed E-state index contributed by atoms with van der Waals surface area (Å²) in [6, 6.07) is 3.70. The van der Waals surface area contributed by atoms with Gasteiger partial charge in [-0.3, -0.25) is 4.79 Å². The number of carbonyl (C=O) groups excluding carboxylic acids is 1. The van der Waals surface area contributed by atoms with Crippen molar-refractivity contribution in [2.24, 2.45) is 0 Å². The molecule has 0 bridgehead atoms. The first-order valence-electron chi connectivity index (χ1n) is 5.08. The highest BCUT2D eigenvalue weighted by atomic mass is 19.1. The van der Waals surface area contributed by atoms with Crippen molar-refractivity contribution in [3.8, 4) is 0 Å². The van der Waals surface area contributed by atoms with Gasteiger partial charge < -0.3 is 15.7 Å². The minimum absolute atomic E-state index is 0.172. The summed E-state index contributed by atoms with van der Waals surface area (Å²) in [7, 11) is 0. The van der Waals surface area contributed by atoms with Crippen LogP contribution in [0.4, 0.5) is 10.1 Å². The Morgan fingerprint density at radius 2 is 2.12 bits per heavy atom. The second-order valence-corrected chi connectivity index (χ2v) is 3.27. The first-order valence-corrected chi connectivity index (χ1v) is 5.08. The van der Waals surface area contributed by atoms with E-state index in [1.54, 1.807) is 6.92 Å². The molecule has 0 unspecified atom stereocenters. The molecule has 0 aliphatic carbocycles. The summed E-state index contributed by atoms with van der Waals surface area (Å²) in [5.74, 6) is -2.27. The number of aromatic carboxylic acids is 1. The lowest BCUT2D eigenvalue weighted by Gasteiger charge is -2.10. The second kappa shape index (κ2) is 5.83. The average Bonchev–Trinajstić information content (AvgIpc) is 2.27. The zero-order valence-corrected chi connectivity index (χ0v) is 9.29. The topological polar surface area (TPSA) is 78.4 Å². The molecule has 0 fully saturated rings. The van der Waals surface area contributed by atoms with E-state index < -0.39 is 11.8 Å². The van der Waals surface area contributed by atoms with Crippen LogP contribution in [0.15, 0.2) is 18.2 Å². The molecule has 1 amide bonds. The number of hydrogen-bond donors (Lipinski definition) is 3. The number of rotatable bonds is 5. The van der Waals surface area contributed by atoms with Crippen LogP contribution in [-0.2, 0) is 4.79 Å². The monoisotopic (exact) mass is 240 g/mol. The molecular formula is C11H13FN2O3. The second-order valence-electron chi connectivity index (χ2n) is 3.27. The van der Waals surface area contributed by atoms with Gasteiger partial charge in [0.15, 0.2) is 0 Å². The molecular weight excluding hydrogens is 227 g/mol. The van der Waals surface area contributed by atoms with Gasteiger partial charge in [0.25, 0.3) is 0 Å². The number of carbonyl (C=O) groups is 2. The standard InChI is InChI=1S/C11H13FN2O3/c1-2-13-9(15)6-14-10-7(11(16)17)4-3-5-8(10)12/h3-5,14H,2,6H2,1H3,(H,13,15)(H,16,17). The number of para-hydroxylation sites is 1. The largest absolute Gasteiger partial charge is 0.478 e. The van der Waals surface area contributed by atoms with Gasteiger partial charge >= 0.3 is 5.97 Å². The van der Waals surface area contributed by atoms with E-state index in [9.17, 15) is 14.0 Å². The summed E-state index contributed by atoms with van der Waals surface area (Å²) in [5.41, 5.74) is -0.374. The Morgan fingerprint density at radius 1 is 1.41 bits per heavy atom. The maximum absolute atomic E-state index is 13.4. The van der Waals surface area contributed by atoms with Crippen molar-refractivity contribution in [1.82, 2.24) is 5.32 Å². The number of anilines is 1. The van der Waals surface area contributed by atoms with E-state index in [2.05, 4.69) is 10.6 Å². The maximum Gasteiger partial charge on any atom is 0.337 e. The van der Waals surface area contributed by atoms with Crippen LogP contribution in [0.3, 0.4) is 0 Å². The van der Waals surface area contributed by atoms with Crippen molar-refractivity contribution >= 4 is 17.6 Å². The van der Waals surface area contributed by atoms with Crippen LogP contribution >= 0.6 is 0 Å². The molecule has 0 radical (unpaired) electrons. The molecule has 0 spiro atoms. The summed E-state index contributed by atoms with van der Waals surface area (Å²) in [6.07, 6.45) is 0. The van der Waals surface area contributed by atoms with E-state index in [-0.39, 0.29) is 23.7 Å². The van der Waals surface area contributed by atoms with Crippen molar-refractivity contribution in [3.05, 3.63) is 29.6 Å². The third-order valence-electron chi connectivity index (χ3n) is 2.04.